The molecule has 0 saturated carbocycles. The van der Waals surface area contributed by atoms with Crippen molar-refractivity contribution in [3.8, 4) is 5.69 Å². The summed E-state index contributed by atoms with van der Waals surface area (Å²) in [5, 5.41) is 3.51. The van der Waals surface area contributed by atoms with E-state index in [1.807, 2.05) is 22.9 Å². The number of rotatable bonds is 6. The molecule has 2 heterocycles. The van der Waals surface area contributed by atoms with E-state index < -0.39 is 0 Å². The lowest BCUT2D eigenvalue weighted by Crippen LogP contribution is -2.27. The Labute approximate surface area is 124 Å². The summed E-state index contributed by atoms with van der Waals surface area (Å²) >= 11 is 0. The first-order valence-electron chi connectivity index (χ1n) is 7.14. The SMILES string of the molecule is C[C@@H](Cc1ccco1)NCc1ccc(-n2ccnc2)cc1. The van der Waals surface area contributed by atoms with Gasteiger partial charge in [0, 0.05) is 37.1 Å². The van der Waals surface area contributed by atoms with Gasteiger partial charge in [0.25, 0.3) is 0 Å². The number of nitrogens with zero attached hydrogens (tertiary/aromatic N) is 2. The third-order valence-electron chi connectivity index (χ3n) is 3.48. The molecule has 0 radical (unpaired) electrons. The Balaban J connectivity index is 1.53. The first kappa shape index (κ1) is 13.6. The van der Waals surface area contributed by atoms with Crippen molar-refractivity contribution in [1.82, 2.24) is 14.9 Å². The fraction of sp³-hybridized carbons (Fsp3) is 0.235. The van der Waals surface area contributed by atoms with Crippen LogP contribution in [0, 0.1) is 0 Å². The number of hydrogen-bond donors (Lipinski definition) is 1. The molecule has 0 amide bonds. The number of imidazole rings is 1. The highest BCUT2D eigenvalue weighted by molar-refractivity contribution is 5.34. The van der Waals surface area contributed by atoms with Crippen molar-refractivity contribution in [2.24, 2.45) is 0 Å². The van der Waals surface area contributed by atoms with Gasteiger partial charge in [0.15, 0.2) is 0 Å². The predicted molar refractivity (Wildman–Crippen MR) is 82.3 cm³/mol. The van der Waals surface area contributed by atoms with E-state index in [4.69, 9.17) is 4.42 Å². The number of hydrogen-bond acceptors (Lipinski definition) is 3. The summed E-state index contributed by atoms with van der Waals surface area (Å²) in [6.07, 6.45) is 8.15. The van der Waals surface area contributed by atoms with Crippen LogP contribution in [0.3, 0.4) is 0 Å². The highest BCUT2D eigenvalue weighted by Gasteiger charge is 2.05. The van der Waals surface area contributed by atoms with E-state index in [1.54, 1.807) is 18.8 Å². The number of furan rings is 1. The zero-order valence-electron chi connectivity index (χ0n) is 12.1. The minimum atomic E-state index is 0.379. The van der Waals surface area contributed by atoms with Crippen LogP contribution < -0.4 is 5.32 Å². The number of nitrogens with one attached hydrogen (secondary N) is 1. The molecule has 4 heteroatoms. The summed E-state index contributed by atoms with van der Waals surface area (Å²) < 4.78 is 7.36. The molecule has 1 N–H and O–H groups in total. The Morgan fingerprint density at radius 1 is 1.24 bits per heavy atom. The van der Waals surface area contributed by atoms with Crippen molar-refractivity contribution in [3.63, 3.8) is 0 Å². The molecule has 21 heavy (non-hydrogen) atoms. The van der Waals surface area contributed by atoms with Gasteiger partial charge in [0.2, 0.25) is 0 Å². The predicted octanol–water partition coefficient (Wildman–Crippen LogP) is 3.19. The number of benzene rings is 1. The van der Waals surface area contributed by atoms with E-state index in [1.165, 1.54) is 5.56 Å². The van der Waals surface area contributed by atoms with Crippen LogP contribution >= 0.6 is 0 Å². The van der Waals surface area contributed by atoms with Gasteiger partial charge in [-0.25, -0.2) is 4.98 Å². The van der Waals surface area contributed by atoms with Gasteiger partial charge in [-0.05, 0) is 36.8 Å². The van der Waals surface area contributed by atoms with Crippen molar-refractivity contribution in [1.29, 1.82) is 0 Å². The summed E-state index contributed by atoms with van der Waals surface area (Å²) in [4.78, 5) is 4.06. The molecule has 0 saturated heterocycles. The molecule has 3 rings (SSSR count). The molecule has 4 nitrogen and oxygen atoms in total. The quantitative estimate of drug-likeness (QED) is 0.754. The lowest BCUT2D eigenvalue weighted by Gasteiger charge is -2.13. The Morgan fingerprint density at radius 3 is 2.76 bits per heavy atom. The molecule has 0 unspecified atom stereocenters. The largest absolute Gasteiger partial charge is 0.469 e. The van der Waals surface area contributed by atoms with Crippen LogP contribution in [0.1, 0.15) is 18.2 Å². The third-order valence-corrected chi connectivity index (χ3v) is 3.48. The Hall–Kier alpha value is -2.33. The van der Waals surface area contributed by atoms with E-state index in [2.05, 4.69) is 41.5 Å². The van der Waals surface area contributed by atoms with Crippen LogP contribution in [-0.4, -0.2) is 15.6 Å². The van der Waals surface area contributed by atoms with Crippen molar-refractivity contribution < 1.29 is 4.42 Å². The Kier molecular flexibility index (Phi) is 4.17. The van der Waals surface area contributed by atoms with Crippen LogP contribution in [0.4, 0.5) is 0 Å². The normalized spacial score (nSPS) is 12.4. The molecule has 108 valence electrons. The zero-order valence-corrected chi connectivity index (χ0v) is 12.1. The fourth-order valence-electron chi connectivity index (χ4n) is 2.29. The molecular weight excluding hydrogens is 262 g/mol. The van der Waals surface area contributed by atoms with Crippen molar-refractivity contribution in [3.05, 3.63) is 72.7 Å². The molecule has 1 aromatic carbocycles. The van der Waals surface area contributed by atoms with Gasteiger partial charge in [0.1, 0.15) is 5.76 Å². The molecule has 1 atom stereocenters. The number of aromatic nitrogens is 2. The summed E-state index contributed by atoms with van der Waals surface area (Å²) in [6.45, 7) is 3.02. The van der Waals surface area contributed by atoms with Crippen LogP contribution in [0.15, 0.2) is 65.8 Å². The van der Waals surface area contributed by atoms with Gasteiger partial charge in [-0.3, -0.25) is 0 Å². The zero-order chi connectivity index (χ0) is 14.5. The van der Waals surface area contributed by atoms with Crippen LogP contribution in [0.25, 0.3) is 5.69 Å². The molecular formula is C17H19N3O. The maximum Gasteiger partial charge on any atom is 0.105 e. The maximum atomic E-state index is 5.36. The molecule has 0 spiro atoms. The summed E-state index contributed by atoms with van der Waals surface area (Å²) in [5.41, 5.74) is 2.39. The molecule has 0 aliphatic rings. The second-order valence-electron chi connectivity index (χ2n) is 5.20. The third kappa shape index (κ3) is 3.61. The first-order valence-corrected chi connectivity index (χ1v) is 7.14. The van der Waals surface area contributed by atoms with E-state index in [9.17, 15) is 0 Å². The lowest BCUT2D eigenvalue weighted by molar-refractivity contribution is 0.456. The highest BCUT2D eigenvalue weighted by atomic mass is 16.3. The monoisotopic (exact) mass is 281 g/mol. The van der Waals surface area contributed by atoms with Crippen LogP contribution in [0.5, 0.6) is 0 Å². The van der Waals surface area contributed by atoms with Crippen molar-refractivity contribution in [2.75, 3.05) is 0 Å². The highest BCUT2D eigenvalue weighted by Crippen LogP contribution is 2.10. The lowest BCUT2D eigenvalue weighted by atomic mass is 10.1. The van der Waals surface area contributed by atoms with Crippen molar-refractivity contribution in [2.45, 2.75) is 25.9 Å². The standard InChI is InChI=1S/C17H19N3O/c1-14(11-17-3-2-10-21-17)19-12-15-4-6-16(7-5-15)20-9-8-18-13-20/h2-10,13-14,19H,11-12H2,1H3/t14-/m0/s1. The van der Waals surface area contributed by atoms with Crippen LogP contribution in [0.2, 0.25) is 0 Å². The second kappa shape index (κ2) is 6.41. The van der Waals surface area contributed by atoms with Crippen molar-refractivity contribution >= 4 is 0 Å². The average molecular weight is 281 g/mol. The van der Waals surface area contributed by atoms with E-state index in [0.29, 0.717) is 6.04 Å². The van der Waals surface area contributed by atoms with E-state index >= 15 is 0 Å². The fourth-order valence-corrected chi connectivity index (χ4v) is 2.29. The summed E-state index contributed by atoms with van der Waals surface area (Å²) in [5.74, 6) is 1.02. The van der Waals surface area contributed by atoms with Gasteiger partial charge in [-0.2, -0.15) is 0 Å². The van der Waals surface area contributed by atoms with E-state index in [-0.39, 0.29) is 0 Å². The maximum absolute atomic E-state index is 5.36. The molecule has 0 aliphatic carbocycles. The Morgan fingerprint density at radius 2 is 2.10 bits per heavy atom. The topological polar surface area (TPSA) is 43.0 Å². The van der Waals surface area contributed by atoms with Crippen LogP contribution in [-0.2, 0) is 13.0 Å². The Bertz CT molecular complexity index is 642. The average Bonchev–Trinajstić information content (AvgIpc) is 3.19. The first-order chi connectivity index (χ1) is 10.3. The van der Waals surface area contributed by atoms with Gasteiger partial charge in [-0.15, -0.1) is 0 Å². The second-order valence-corrected chi connectivity index (χ2v) is 5.20. The minimum absolute atomic E-state index is 0.379. The van der Waals surface area contributed by atoms with Gasteiger partial charge >= 0.3 is 0 Å². The van der Waals surface area contributed by atoms with E-state index in [0.717, 1.165) is 24.4 Å². The molecule has 0 fully saturated rings. The van der Waals surface area contributed by atoms with Gasteiger partial charge in [0.05, 0.1) is 12.6 Å². The van der Waals surface area contributed by atoms with Gasteiger partial charge < -0.3 is 14.3 Å². The van der Waals surface area contributed by atoms with Gasteiger partial charge in [-0.1, -0.05) is 12.1 Å². The molecule has 0 aliphatic heterocycles. The summed E-state index contributed by atoms with van der Waals surface area (Å²) in [6, 6.07) is 12.8. The summed E-state index contributed by atoms with van der Waals surface area (Å²) in [7, 11) is 0. The molecule has 0 bridgehead atoms. The molecule has 2 aromatic heterocycles. The smallest absolute Gasteiger partial charge is 0.105 e. The minimum Gasteiger partial charge on any atom is -0.469 e. The molecule has 3 aromatic rings.